The molecule has 2 rings (SSSR count). The van der Waals surface area contributed by atoms with Crippen LogP contribution in [0, 0.1) is 5.92 Å². The molecule has 0 aromatic carbocycles. The van der Waals surface area contributed by atoms with Gasteiger partial charge in [-0.1, -0.05) is 32.6 Å². The first kappa shape index (κ1) is 16.8. The number of likely N-dealkylation sites (tertiary alicyclic amines) is 1. The van der Waals surface area contributed by atoms with Crippen molar-refractivity contribution in [2.75, 3.05) is 26.2 Å². The highest BCUT2D eigenvalue weighted by Crippen LogP contribution is 2.23. The molecule has 4 nitrogen and oxygen atoms in total. The van der Waals surface area contributed by atoms with Gasteiger partial charge in [0, 0.05) is 45.2 Å². The van der Waals surface area contributed by atoms with Gasteiger partial charge in [-0.05, 0) is 25.2 Å². The van der Waals surface area contributed by atoms with Crippen molar-refractivity contribution in [3.8, 4) is 0 Å². The first-order valence-corrected chi connectivity index (χ1v) is 8.90. The van der Waals surface area contributed by atoms with Crippen LogP contribution < -0.4 is 10.6 Å². The van der Waals surface area contributed by atoms with Crippen LogP contribution >= 0.6 is 0 Å². The molecule has 1 aliphatic heterocycles. The Hall–Kier alpha value is -0.610. The number of carbonyl (C=O) groups excluding carboxylic acids is 1. The summed E-state index contributed by atoms with van der Waals surface area (Å²) in [5.74, 6) is 0.883. The lowest BCUT2D eigenvalue weighted by Gasteiger charge is -2.40. The van der Waals surface area contributed by atoms with Gasteiger partial charge < -0.3 is 10.6 Å². The molecule has 1 heterocycles. The molecule has 0 aromatic heterocycles. The van der Waals surface area contributed by atoms with E-state index >= 15 is 0 Å². The van der Waals surface area contributed by atoms with E-state index in [1.807, 2.05) is 0 Å². The van der Waals surface area contributed by atoms with Crippen molar-refractivity contribution in [3.05, 3.63) is 0 Å². The average Bonchev–Trinajstić information content (AvgIpc) is 2.47. The highest BCUT2D eigenvalue weighted by molar-refractivity contribution is 5.72. The summed E-state index contributed by atoms with van der Waals surface area (Å²) < 4.78 is 0. The molecule has 122 valence electrons. The van der Waals surface area contributed by atoms with Crippen molar-refractivity contribution >= 4 is 5.91 Å². The third-order valence-corrected chi connectivity index (χ3v) is 5.07. The minimum Gasteiger partial charge on any atom is -0.355 e. The van der Waals surface area contributed by atoms with Crippen LogP contribution in [0.3, 0.4) is 0 Å². The summed E-state index contributed by atoms with van der Waals surface area (Å²) >= 11 is 0. The number of hydrogen-bond donors (Lipinski definition) is 2. The molecule has 1 amide bonds. The molecule has 2 unspecified atom stereocenters. The molecule has 1 saturated carbocycles. The Morgan fingerprint density at radius 2 is 1.90 bits per heavy atom. The molecule has 0 bridgehead atoms. The van der Waals surface area contributed by atoms with Crippen LogP contribution in [0.1, 0.15) is 58.8 Å². The third kappa shape index (κ3) is 5.95. The van der Waals surface area contributed by atoms with Gasteiger partial charge in [0.2, 0.25) is 5.91 Å². The second-order valence-corrected chi connectivity index (χ2v) is 6.95. The van der Waals surface area contributed by atoms with Crippen LogP contribution in [0.15, 0.2) is 0 Å². The zero-order valence-corrected chi connectivity index (χ0v) is 13.9. The molecular formula is C17H33N3O. The van der Waals surface area contributed by atoms with Gasteiger partial charge in [0.25, 0.3) is 0 Å². The van der Waals surface area contributed by atoms with Gasteiger partial charge in [-0.2, -0.15) is 0 Å². The lowest BCUT2D eigenvalue weighted by Crippen LogP contribution is -2.53. The number of nitrogens with one attached hydrogen (secondary N) is 2. The van der Waals surface area contributed by atoms with E-state index in [2.05, 4.69) is 22.5 Å². The Labute approximate surface area is 130 Å². The van der Waals surface area contributed by atoms with Gasteiger partial charge in [-0.15, -0.1) is 0 Å². The fourth-order valence-electron chi connectivity index (χ4n) is 3.89. The summed E-state index contributed by atoms with van der Waals surface area (Å²) in [4.78, 5) is 13.5. The SMILES string of the molecule is CCC1CC(NC2CCCCC2)CN(CCNC(C)=O)C1. The second-order valence-electron chi connectivity index (χ2n) is 6.95. The van der Waals surface area contributed by atoms with Crippen LogP contribution in [0.4, 0.5) is 0 Å². The van der Waals surface area contributed by atoms with E-state index < -0.39 is 0 Å². The molecule has 2 fully saturated rings. The summed E-state index contributed by atoms with van der Waals surface area (Å²) in [5, 5.41) is 6.84. The number of rotatable bonds is 6. The van der Waals surface area contributed by atoms with Crippen LogP contribution in [0.5, 0.6) is 0 Å². The highest BCUT2D eigenvalue weighted by atomic mass is 16.1. The average molecular weight is 295 g/mol. The van der Waals surface area contributed by atoms with E-state index in [0.717, 1.165) is 31.6 Å². The van der Waals surface area contributed by atoms with Crippen molar-refractivity contribution in [2.45, 2.75) is 70.9 Å². The van der Waals surface area contributed by atoms with Gasteiger partial charge in [0.1, 0.15) is 0 Å². The molecular weight excluding hydrogens is 262 g/mol. The van der Waals surface area contributed by atoms with E-state index in [1.165, 1.54) is 51.5 Å². The first-order chi connectivity index (χ1) is 10.2. The molecule has 0 spiro atoms. The molecule has 4 heteroatoms. The predicted octanol–water partition coefficient (Wildman–Crippen LogP) is 2.15. The highest BCUT2D eigenvalue weighted by Gasteiger charge is 2.27. The monoisotopic (exact) mass is 295 g/mol. The lowest BCUT2D eigenvalue weighted by molar-refractivity contribution is -0.119. The van der Waals surface area contributed by atoms with E-state index in [9.17, 15) is 4.79 Å². The Kier molecular flexibility index (Phi) is 6.97. The molecule has 1 aliphatic carbocycles. The maximum Gasteiger partial charge on any atom is 0.216 e. The molecule has 0 aromatic rings. The van der Waals surface area contributed by atoms with Gasteiger partial charge in [0.15, 0.2) is 0 Å². The molecule has 0 radical (unpaired) electrons. The minimum atomic E-state index is 0.0796. The molecule has 1 saturated heterocycles. The fourth-order valence-corrected chi connectivity index (χ4v) is 3.89. The first-order valence-electron chi connectivity index (χ1n) is 8.90. The van der Waals surface area contributed by atoms with Crippen molar-refractivity contribution in [3.63, 3.8) is 0 Å². The molecule has 21 heavy (non-hydrogen) atoms. The number of piperidine rings is 1. The predicted molar refractivity (Wildman–Crippen MR) is 87.3 cm³/mol. The summed E-state index contributed by atoms with van der Waals surface area (Å²) in [5.41, 5.74) is 0. The Morgan fingerprint density at radius 3 is 2.57 bits per heavy atom. The molecule has 2 aliphatic rings. The van der Waals surface area contributed by atoms with E-state index in [-0.39, 0.29) is 5.91 Å². The van der Waals surface area contributed by atoms with Crippen molar-refractivity contribution in [1.29, 1.82) is 0 Å². The van der Waals surface area contributed by atoms with Crippen molar-refractivity contribution in [2.24, 2.45) is 5.92 Å². The van der Waals surface area contributed by atoms with E-state index in [1.54, 1.807) is 6.92 Å². The zero-order chi connectivity index (χ0) is 15.1. The standard InChI is InChI=1S/C17H33N3O/c1-3-15-11-17(19-16-7-5-4-6-8-16)13-20(12-15)10-9-18-14(2)21/h15-17,19H,3-13H2,1-2H3,(H,18,21). The normalized spacial score (nSPS) is 28.5. The van der Waals surface area contributed by atoms with Crippen molar-refractivity contribution < 1.29 is 4.79 Å². The van der Waals surface area contributed by atoms with Crippen LogP contribution in [-0.4, -0.2) is 49.1 Å². The summed E-state index contributed by atoms with van der Waals surface area (Å²) in [6, 6.07) is 1.39. The molecule has 2 N–H and O–H groups in total. The second kappa shape index (κ2) is 8.74. The minimum absolute atomic E-state index is 0.0796. The van der Waals surface area contributed by atoms with Crippen LogP contribution in [-0.2, 0) is 4.79 Å². The number of nitrogens with zero attached hydrogens (tertiary/aromatic N) is 1. The Bertz CT molecular complexity index is 315. The quantitative estimate of drug-likeness (QED) is 0.789. The topological polar surface area (TPSA) is 44.4 Å². The van der Waals surface area contributed by atoms with Crippen LogP contribution in [0.2, 0.25) is 0 Å². The van der Waals surface area contributed by atoms with Crippen LogP contribution in [0.25, 0.3) is 0 Å². The van der Waals surface area contributed by atoms with Gasteiger partial charge >= 0.3 is 0 Å². The summed E-state index contributed by atoms with van der Waals surface area (Å²) in [7, 11) is 0. The van der Waals surface area contributed by atoms with Gasteiger partial charge in [0.05, 0.1) is 0 Å². The summed E-state index contributed by atoms with van der Waals surface area (Å²) in [6.45, 7) is 8.00. The smallest absolute Gasteiger partial charge is 0.216 e. The zero-order valence-electron chi connectivity index (χ0n) is 13.9. The van der Waals surface area contributed by atoms with E-state index in [4.69, 9.17) is 0 Å². The van der Waals surface area contributed by atoms with Gasteiger partial charge in [-0.25, -0.2) is 0 Å². The molecule has 2 atom stereocenters. The third-order valence-electron chi connectivity index (χ3n) is 5.07. The van der Waals surface area contributed by atoms with E-state index in [0.29, 0.717) is 6.04 Å². The maximum absolute atomic E-state index is 11.0. The Balaban J connectivity index is 1.78. The number of amides is 1. The summed E-state index contributed by atoms with van der Waals surface area (Å²) in [6.07, 6.45) is 9.52. The number of carbonyl (C=O) groups is 1. The largest absolute Gasteiger partial charge is 0.355 e. The fraction of sp³-hybridized carbons (Fsp3) is 0.941. The van der Waals surface area contributed by atoms with Gasteiger partial charge in [-0.3, -0.25) is 9.69 Å². The maximum atomic E-state index is 11.0. The number of hydrogen-bond acceptors (Lipinski definition) is 3. The Morgan fingerprint density at radius 1 is 1.14 bits per heavy atom. The lowest BCUT2D eigenvalue weighted by atomic mass is 9.89. The van der Waals surface area contributed by atoms with Crippen molar-refractivity contribution in [1.82, 2.24) is 15.5 Å².